The van der Waals surface area contributed by atoms with E-state index < -0.39 is 0 Å². The molecule has 0 unspecified atom stereocenters. The second kappa shape index (κ2) is 6.95. The summed E-state index contributed by atoms with van der Waals surface area (Å²) in [7, 11) is 3.20. The first-order valence-electron chi connectivity index (χ1n) is 6.38. The van der Waals surface area contributed by atoms with Crippen molar-refractivity contribution in [1.82, 2.24) is 0 Å². The van der Waals surface area contributed by atoms with Gasteiger partial charge in [0.15, 0.2) is 11.5 Å². The lowest BCUT2D eigenvalue weighted by Gasteiger charge is -2.12. The van der Waals surface area contributed by atoms with Gasteiger partial charge in [0.1, 0.15) is 17.3 Å². The quantitative estimate of drug-likeness (QED) is 0.832. The zero-order valence-electron chi connectivity index (χ0n) is 12.0. The van der Waals surface area contributed by atoms with Crippen LogP contribution in [0.3, 0.4) is 0 Å². The number of benzene rings is 2. The van der Waals surface area contributed by atoms with Gasteiger partial charge in [-0.15, -0.1) is 0 Å². The summed E-state index contributed by atoms with van der Waals surface area (Å²) in [6.07, 6.45) is 0. The molecule has 2 aromatic rings. The van der Waals surface area contributed by atoms with E-state index in [-0.39, 0.29) is 0 Å². The van der Waals surface area contributed by atoms with Crippen molar-refractivity contribution >= 4 is 17.2 Å². The minimum atomic E-state index is 0.297. The summed E-state index contributed by atoms with van der Waals surface area (Å²) in [6, 6.07) is 13.1. The average Bonchev–Trinajstić information content (AvgIpc) is 2.52. The third-order valence-electron chi connectivity index (χ3n) is 2.99. The lowest BCUT2D eigenvalue weighted by atomic mass is 10.1. The summed E-state index contributed by atoms with van der Waals surface area (Å²) < 4.78 is 16.3. The van der Waals surface area contributed by atoms with Crippen molar-refractivity contribution in [3.8, 4) is 17.2 Å². The van der Waals surface area contributed by atoms with Gasteiger partial charge in [-0.25, -0.2) is 0 Å². The topological polar surface area (TPSA) is 53.7 Å². The maximum atomic E-state index is 5.77. The highest BCUT2D eigenvalue weighted by molar-refractivity contribution is 7.80. The van der Waals surface area contributed by atoms with E-state index in [2.05, 4.69) is 0 Å². The second-order valence-corrected chi connectivity index (χ2v) is 4.78. The summed E-state index contributed by atoms with van der Waals surface area (Å²) in [4.78, 5) is 0.297. The van der Waals surface area contributed by atoms with Gasteiger partial charge >= 0.3 is 0 Å². The predicted molar refractivity (Wildman–Crippen MR) is 86.2 cm³/mol. The van der Waals surface area contributed by atoms with E-state index in [1.165, 1.54) is 0 Å². The molecule has 0 saturated carbocycles. The van der Waals surface area contributed by atoms with E-state index in [0.717, 1.165) is 5.56 Å². The Kier molecular flexibility index (Phi) is 5.00. The molecule has 0 aliphatic rings. The van der Waals surface area contributed by atoms with Gasteiger partial charge in [-0.05, 0) is 29.8 Å². The van der Waals surface area contributed by atoms with Crippen LogP contribution >= 0.6 is 12.2 Å². The number of ether oxygens (including phenoxy) is 3. The predicted octanol–water partition coefficient (Wildman–Crippen LogP) is 2.92. The zero-order chi connectivity index (χ0) is 15.2. The molecule has 0 aromatic heterocycles. The number of nitrogens with two attached hydrogens (primary N) is 1. The zero-order valence-corrected chi connectivity index (χ0v) is 12.8. The molecule has 21 heavy (non-hydrogen) atoms. The fraction of sp³-hybridized carbons (Fsp3) is 0.188. The number of methoxy groups -OCH3 is 2. The van der Waals surface area contributed by atoms with E-state index in [0.29, 0.717) is 34.4 Å². The molecule has 0 heterocycles. The van der Waals surface area contributed by atoms with Gasteiger partial charge in [0.05, 0.1) is 19.8 Å². The lowest BCUT2D eigenvalue weighted by Crippen LogP contribution is -2.12. The molecular formula is C16H17NO3S. The van der Waals surface area contributed by atoms with Gasteiger partial charge < -0.3 is 19.9 Å². The highest BCUT2D eigenvalue weighted by Gasteiger charge is 2.08. The first kappa shape index (κ1) is 15.1. The van der Waals surface area contributed by atoms with E-state index in [9.17, 15) is 0 Å². The van der Waals surface area contributed by atoms with Crippen molar-refractivity contribution in [3.05, 3.63) is 53.6 Å². The SMILES string of the molecule is COc1ccccc1OCc1ccc(OC)c(C(N)=S)c1. The van der Waals surface area contributed by atoms with Crippen LogP contribution in [-0.4, -0.2) is 19.2 Å². The Bertz CT molecular complexity index is 643. The van der Waals surface area contributed by atoms with Crippen molar-refractivity contribution < 1.29 is 14.2 Å². The Morgan fingerprint density at radius 3 is 2.29 bits per heavy atom. The highest BCUT2D eigenvalue weighted by Crippen LogP contribution is 2.27. The highest BCUT2D eigenvalue weighted by atomic mass is 32.1. The molecule has 0 amide bonds. The summed E-state index contributed by atoms with van der Waals surface area (Å²) in [5.74, 6) is 2.04. The number of thiocarbonyl (C=S) groups is 1. The molecule has 2 aromatic carbocycles. The third-order valence-corrected chi connectivity index (χ3v) is 3.21. The van der Waals surface area contributed by atoms with Crippen LogP contribution in [0.15, 0.2) is 42.5 Å². The number of hydrogen-bond acceptors (Lipinski definition) is 4. The number of para-hydroxylation sites is 2. The smallest absolute Gasteiger partial charge is 0.161 e. The number of rotatable bonds is 6. The molecule has 5 heteroatoms. The molecule has 0 spiro atoms. The Labute approximate surface area is 129 Å². The van der Waals surface area contributed by atoms with E-state index in [1.54, 1.807) is 14.2 Å². The van der Waals surface area contributed by atoms with Crippen LogP contribution in [0.4, 0.5) is 0 Å². The van der Waals surface area contributed by atoms with Crippen molar-refractivity contribution in [2.75, 3.05) is 14.2 Å². The first-order valence-corrected chi connectivity index (χ1v) is 6.79. The van der Waals surface area contributed by atoms with Crippen LogP contribution in [-0.2, 0) is 6.61 Å². The fourth-order valence-electron chi connectivity index (χ4n) is 1.94. The van der Waals surface area contributed by atoms with Crippen LogP contribution in [0.5, 0.6) is 17.2 Å². The lowest BCUT2D eigenvalue weighted by molar-refractivity contribution is 0.284. The Balaban J connectivity index is 2.17. The van der Waals surface area contributed by atoms with Gasteiger partial charge in [-0.1, -0.05) is 30.4 Å². The van der Waals surface area contributed by atoms with Gasteiger partial charge in [0.2, 0.25) is 0 Å². The van der Waals surface area contributed by atoms with Crippen molar-refractivity contribution in [3.63, 3.8) is 0 Å². The standard InChI is InChI=1S/C16H17NO3S/c1-18-13-8-7-11(9-12(13)16(17)21)10-20-15-6-4-3-5-14(15)19-2/h3-9H,10H2,1-2H3,(H2,17,21). The van der Waals surface area contributed by atoms with Crippen LogP contribution < -0.4 is 19.9 Å². The van der Waals surface area contributed by atoms with Crippen molar-refractivity contribution in [2.24, 2.45) is 5.73 Å². The monoisotopic (exact) mass is 303 g/mol. The minimum Gasteiger partial charge on any atom is -0.496 e. The molecule has 0 atom stereocenters. The molecular weight excluding hydrogens is 286 g/mol. The van der Waals surface area contributed by atoms with Gasteiger partial charge in [0.25, 0.3) is 0 Å². The van der Waals surface area contributed by atoms with Crippen molar-refractivity contribution in [2.45, 2.75) is 6.61 Å². The molecule has 0 fully saturated rings. The van der Waals surface area contributed by atoms with Crippen LogP contribution in [0.25, 0.3) is 0 Å². The maximum absolute atomic E-state index is 5.77. The average molecular weight is 303 g/mol. The molecule has 0 saturated heterocycles. The van der Waals surface area contributed by atoms with Gasteiger partial charge in [0, 0.05) is 0 Å². The van der Waals surface area contributed by atoms with Gasteiger partial charge in [-0.2, -0.15) is 0 Å². The minimum absolute atomic E-state index is 0.297. The largest absolute Gasteiger partial charge is 0.496 e. The van der Waals surface area contributed by atoms with Gasteiger partial charge in [-0.3, -0.25) is 0 Å². The molecule has 110 valence electrons. The Morgan fingerprint density at radius 1 is 1.00 bits per heavy atom. The van der Waals surface area contributed by atoms with E-state index in [4.69, 9.17) is 32.2 Å². The number of hydrogen-bond donors (Lipinski definition) is 1. The molecule has 0 aliphatic carbocycles. The van der Waals surface area contributed by atoms with Crippen molar-refractivity contribution in [1.29, 1.82) is 0 Å². The van der Waals surface area contributed by atoms with Crippen LogP contribution in [0.2, 0.25) is 0 Å². The molecule has 4 nitrogen and oxygen atoms in total. The van der Waals surface area contributed by atoms with Crippen LogP contribution in [0.1, 0.15) is 11.1 Å². The normalized spacial score (nSPS) is 10.0. The Hall–Kier alpha value is -2.27. The molecule has 0 aliphatic heterocycles. The molecule has 0 bridgehead atoms. The first-order chi connectivity index (χ1) is 10.2. The maximum Gasteiger partial charge on any atom is 0.161 e. The van der Waals surface area contributed by atoms with Crippen LogP contribution in [0, 0.1) is 0 Å². The van der Waals surface area contributed by atoms with E-state index >= 15 is 0 Å². The summed E-state index contributed by atoms with van der Waals surface area (Å²) in [5, 5.41) is 0. The third kappa shape index (κ3) is 3.64. The summed E-state index contributed by atoms with van der Waals surface area (Å²) in [6.45, 7) is 0.389. The molecule has 2 N–H and O–H groups in total. The fourth-order valence-corrected chi connectivity index (χ4v) is 2.10. The second-order valence-electron chi connectivity index (χ2n) is 4.34. The molecule has 2 rings (SSSR count). The Morgan fingerprint density at radius 2 is 1.67 bits per heavy atom. The summed E-state index contributed by atoms with van der Waals surface area (Å²) in [5.41, 5.74) is 7.35. The molecule has 0 radical (unpaired) electrons. The van der Waals surface area contributed by atoms with E-state index in [1.807, 2.05) is 42.5 Å². The summed E-state index contributed by atoms with van der Waals surface area (Å²) >= 11 is 5.03.